The average molecular weight is 320 g/mol. The van der Waals surface area contributed by atoms with Gasteiger partial charge in [-0.2, -0.15) is 11.3 Å². The molecule has 0 N–H and O–H groups in total. The third kappa shape index (κ3) is 5.02. The summed E-state index contributed by atoms with van der Waals surface area (Å²) in [5, 5.41) is 3.59. The van der Waals surface area contributed by atoms with Crippen LogP contribution in [-0.2, 0) is 23.1 Å². The molecule has 1 aromatic rings. The second kappa shape index (κ2) is 7.36. The van der Waals surface area contributed by atoms with E-state index < -0.39 is 19.4 Å². The van der Waals surface area contributed by atoms with E-state index in [1.807, 2.05) is 5.38 Å². The molecule has 1 atom stereocenters. The summed E-state index contributed by atoms with van der Waals surface area (Å²) in [5.41, 5.74) is 0.620. The molecule has 0 aliphatic carbocycles. The Morgan fingerprint density at radius 2 is 1.75 bits per heavy atom. The standard InChI is InChI=1S/C13H21O5PS/c1-9(2)17-19(15,18-10(3)4)13(16-11(5)14)12-6-7-20-8-12/h6-10,13H,1-5H3/t13-/m1/s1. The maximum atomic E-state index is 13.1. The van der Waals surface area contributed by atoms with Crippen LogP contribution in [0.4, 0.5) is 0 Å². The van der Waals surface area contributed by atoms with Crippen molar-refractivity contribution in [1.82, 2.24) is 0 Å². The molecule has 0 aliphatic heterocycles. The Morgan fingerprint density at radius 1 is 1.20 bits per heavy atom. The van der Waals surface area contributed by atoms with E-state index in [0.717, 1.165) is 0 Å². The fourth-order valence-corrected chi connectivity index (χ4v) is 4.63. The fraction of sp³-hybridized carbons (Fsp3) is 0.615. The average Bonchev–Trinajstić information content (AvgIpc) is 2.75. The topological polar surface area (TPSA) is 61.8 Å². The number of carbonyl (C=O) groups is 1. The van der Waals surface area contributed by atoms with E-state index in [2.05, 4.69) is 0 Å². The summed E-state index contributed by atoms with van der Waals surface area (Å²) in [6.45, 7) is 8.31. The Kier molecular flexibility index (Phi) is 6.40. The summed E-state index contributed by atoms with van der Waals surface area (Å²) in [7, 11) is -3.62. The van der Waals surface area contributed by atoms with Gasteiger partial charge in [0.2, 0.25) is 5.85 Å². The van der Waals surface area contributed by atoms with Gasteiger partial charge in [-0.15, -0.1) is 0 Å². The molecule has 1 rings (SSSR count). The molecule has 0 spiro atoms. The van der Waals surface area contributed by atoms with Gasteiger partial charge < -0.3 is 13.8 Å². The highest BCUT2D eigenvalue weighted by atomic mass is 32.1. The van der Waals surface area contributed by atoms with Crippen molar-refractivity contribution in [3.8, 4) is 0 Å². The number of hydrogen-bond acceptors (Lipinski definition) is 6. The van der Waals surface area contributed by atoms with E-state index >= 15 is 0 Å². The lowest BCUT2D eigenvalue weighted by atomic mass is 10.4. The predicted octanol–water partition coefficient (Wildman–Crippen LogP) is 4.35. The summed E-state index contributed by atoms with van der Waals surface area (Å²) >= 11 is 1.43. The minimum absolute atomic E-state index is 0.309. The molecule has 7 heteroatoms. The zero-order chi connectivity index (χ0) is 15.3. The molecule has 0 saturated carbocycles. The Hall–Kier alpha value is -0.680. The Bertz CT molecular complexity index is 455. The summed E-state index contributed by atoms with van der Waals surface area (Å²) in [6.07, 6.45) is -0.618. The molecule has 1 aromatic heterocycles. The smallest absolute Gasteiger partial charge is 0.376 e. The summed E-state index contributed by atoms with van der Waals surface area (Å²) < 4.78 is 29.3. The van der Waals surface area contributed by atoms with Crippen molar-refractivity contribution in [3.63, 3.8) is 0 Å². The summed E-state index contributed by atoms with van der Waals surface area (Å²) in [4.78, 5) is 11.3. The van der Waals surface area contributed by atoms with Gasteiger partial charge in [0.15, 0.2) is 0 Å². The van der Waals surface area contributed by atoms with Crippen molar-refractivity contribution < 1.29 is 23.1 Å². The first-order valence-corrected chi connectivity index (χ1v) is 8.96. The van der Waals surface area contributed by atoms with Crippen molar-refractivity contribution in [2.24, 2.45) is 0 Å². The monoisotopic (exact) mass is 320 g/mol. The lowest BCUT2D eigenvalue weighted by Crippen LogP contribution is -2.17. The van der Waals surface area contributed by atoms with E-state index in [1.54, 1.807) is 39.1 Å². The third-order valence-electron chi connectivity index (χ3n) is 2.11. The Labute approximate surface area is 123 Å². The molecule has 0 aliphatic rings. The number of hydrogen-bond donors (Lipinski definition) is 0. The molecule has 0 radical (unpaired) electrons. The zero-order valence-corrected chi connectivity index (χ0v) is 14.1. The largest absolute Gasteiger partial charge is 0.445 e. The molecular formula is C13H21O5PS. The molecule has 0 saturated heterocycles. The third-order valence-corrected chi connectivity index (χ3v) is 5.22. The molecule has 0 aromatic carbocycles. The maximum absolute atomic E-state index is 13.1. The molecular weight excluding hydrogens is 299 g/mol. The van der Waals surface area contributed by atoms with Gasteiger partial charge >= 0.3 is 13.6 Å². The predicted molar refractivity (Wildman–Crippen MR) is 78.9 cm³/mol. The summed E-state index contributed by atoms with van der Waals surface area (Å²) in [6, 6.07) is 1.75. The van der Waals surface area contributed by atoms with Crippen molar-refractivity contribution in [2.45, 2.75) is 52.7 Å². The van der Waals surface area contributed by atoms with Crippen molar-refractivity contribution >= 4 is 24.9 Å². The second-order valence-corrected chi connectivity index (χ2v) is 7.62. The van der Waals surface area contributed by atoms with E-state index in [0.29, 0.717) is 5.56 Å². The number of thiophene rings is 1. The van der Waals surface area contributed by atoms with Crippen LogP contribution in [0.15, 0.2) is 16.8 Å². The molecule has 0 fully saturated rings. The molecule has 20 heavy (non-hydrogen) atoms. The van der Waals surface area contributed by atoms with Crippen LogP contribution in [0.1, 0.15) is 46.0 Å². The van der Waals surface area contributed by atoms with Gasteiger partial charge in [-0.1, -0.05) is 0 Å². The van der Waals surface area contributed by atoms with Crippen LogP contribution < -0.4 is 0 Å². The van der Waals surface area contributed by atoms with Crippen LogP contribution in [0.3, 0.4) is 0 Å². The second-order valence-electron chi connectivity index (χ2n) is 4.87. The zero-order valence-electron chi connectivity index (χ0n) is 12.4. The minimum Gasteiger partial charge on any atom is -0.445 e. The van der Waals surface area contributed by atoms with E-state index in [1.165, 1.54) is 18.3 Å². The van der Waals surface area contributed by atoms with Gasteiger partial charge in [-0.3, -0.25) is 9.36 Å². The quantitative estimate of drug-likeness (QED) is 0.552. The Morgan fingerprint density at radius 3 is 2.10 bits per heavy atom. The number of rotatable bonds is 7. The van der Waals surface area contributed by atoms with Crippen LogP contribution in [0.5, 0.6) is 0 Å². The first-order chi connectivity index (χ1) is 9.24. The van der Waals surface area contributed by atoms with Gasteiger partial charge in [-0.25, -0.2) is 0 Å². The highest BCUT2D eigenvalue weighted by Crippen LogP contribution is 2.63. The van der Waals surface area contributed by atoms with E-state index in [4.69, 9.17) is 13.8 Å². The number of ether oxygens (including phenoxy) is 1. The molecule has 0 bridgehead atoms. The van der Waals surface area contributed by atoms with Crippen molar-refractivity contribution in [3.05, 3.63) is 22.4 Å². The highest BCUT2D eigenvalue weighted by molar-refractivity contribution is 7.54. The molecule has 114 valence electrons. The molecule has 0 unspecified atom stereocenters. The first-order valence-electron chi connectivity index (χ1n) is 6.40. The van der Waals surface area contributed by atoms with Crippen molar-refractivity contribution in [1.29, 1.82) is 0 Å². The molecule has 5 nitrogen and oxygen atoms in total. The highest BCUT2D eigenvalue weighted by Gasteiger charge is 2.42. The minimum atomic E-state index is -3.62. The molecule has 0 amide bonds. The van der Waals surface area contributed by atoms with Gasteiger partial charge in [0.25, 0.3) is 0 Å². The normalized spacial score (nSPS) is 13.8. The van der Waals surface area contributed by atoms with E-state index in [-0.39, 0.29) is 12.2 Å². The van der Waals surface area contributed by atoms with Crippen molar-refractivity contribution in [2.75, 3.05) is 0 Å². The first kappa shape index (κ1) is 17.4. The van der Waals surface area contributed by atoms with Gasteiger partial charge in [0.05, 0.1) is 12.2 Å². The van der Waals surface area contributed by atoms with Gasteiger partial charge in [0, 0.05) is 12.5 Å². The van der Waals surface area contributed by atoms with Gasteiger partial charge in [0.1, 0.15) is 0 Å². The van der Waals surface area contributed by atoms with Crippen LogP contribution in [-0.4, -0.2) is 18.2 Å². The fourth-order valence-electron chi connectivity index (χ4n) is 1.61. The Balaban J connectivity index is 3.15. The lowest BCUT2D eigenvalue weighted by Gasteiger charge is -2.28. The number of esters is 1. The van der Waals surface area contributed by atoms with Crippen LogP contribution in [0.25, 0.3) is 0 Å². The van der Waals surface area contributed by atoms with Crippen LogP contribution in [0, 0.1) is 0 Å². The molecule has 1 heterocycles. The SMILES string of the molecule is CC(=O)O[C@@H](c1ccsc1)P(=O)(OC(C)C)OC(C)C. The van der Waals surface area contributed by atoms with Crippen LogP contribution >= 0.6 is 18.9 Å². The maximum Gasteiger partial charge on any atom is 0.376 e. The number of carbonyl (C=O) groups excluding carboxylic acids is 1. The van der Waals surface area contributed by atoms with Crippen LogP contribution in [0.2, 0.25) is 0 Å². The van der Waals surface area contributed by atoms with Gasteiger partial charge in [-0.05, 0) is 44.5 Å². The van der Waals surface area contributed by atoms with E-state index in [9.17, 15) is 9.36 Å². The lowest BCUT2D eigenvalue weighted by molar-refractivity contribution is -0.144. The summed E-state index contributed by atoms with van der Waals surface area (Å²) in [5.74, 6) is -1.56.